The number of ether oxygens (including phenoxy) is 2. The van der Waals surface area contributed by atoms with Gasteiger partial charge in [0.2, 0.25) is 0 Å². The summed E-state index contributed by atoms with van der Waals surface area (Å²) in [6.45, 7) is 2.60. The van der Waals surface area contributed by atoms with Crippen LogP contribution < -0.4 is 9.47 Å². The van der Waals surface area contributed by atoms with Gasteiger partial charge in [-0.1, -0.05) is 12.1 Å². The Morgan fingerprint density at radius 3 is 1.91 bits per heavy atom. The molecule has 0 heterocycles. The van der Waals surface area contributed by atoms with Crippen LogP contribution in [-0.4, -0.2) is 17.7 Å². The lowest BCUT2D eigenvalue weighted by Gasteiger charge is -2.06. The van der Waals surface area contributed by atoms with E-state index < -0.39 is 11.9 Å². The first kappa shape index (κ1) is 15.4. The fourth-order valence-electron chi connectivity index (χ4n) is 1.87. The molecule has 0 aromatic heterocycles. The van der Waals surface area contributed by atoms with E-state index in [1.807, 2.05) is 0 Å². The molecular weight excluding hydrogens is 284 g/mol. The monoisotopic (exact) mass is 298 g/mol. The molecule has 2 aromatic carbocycles. The number of hydrogen-bond acceptors (Lipinski definition) is 5. The van der Waals surface area contributed by atoms with Crippen LogP contribution in [0.5, 0.6) is 11.5 Å². The van der Waals surface area contributed by atoms with Gasteiger partial charge in [-0.15, -0.1) is 0 Å². The smallest absolute Gasteiger partial charge is 0.308 e. The summed E-state index contributed by atoms with van der Waals surface area (Å²) in [6.07, 6.45) is 0. The highest BCUT2D eigenvalue weighted by atomic mass is 16.5. The molecule has 0 spiro atoms. The third-order valence-corrected chi connectivity index (χ3v) is 2.74. The third kappa shape index (κ3) is 4.02. The van der Waals surface area contributed by atoms with Crippen molar-refractivity contribution in [1.82, 2.24) is 0 Å². The molecule has 0 unspecified atom stereocenters. The largest absolute Gasteiger partial charge is 0.427 e. The van der Waals surface area contributed by atoms with Gasteiger partial charge in [-0.3, -0.25) is 14.4 Å². The summed E-state index contributed by atoms with van der Waals surface area (Å²) in [5.74, 6) is -0.403. The van der Waals surface area contributed by atoms with Crippen LogP contribution in [0, 0.1) is 0 Å². The van der Waals surface area contributed by atoms with Gasteiger partial charge in [0.05, 0.1) is 0 Å². The summed E-state index contributed by atoms with van der Waals surface area (Å²) in [5, 5.41) is 0. The number of rotatable bonds is 4. The number of carbonyl (C=O) groups is 3. The van der Waals surface area contributed by atoms with Crippen molar-refractivity contribution in [2.24, 2.45) is 0 Å². The van der Waals surface area contributed by atoms with E-state index in [0.717, 1.165) is 0 Å². The van der Waals surface area contributed by atoms with Crippen LogP contribution in [-0.2, 0) is 9.59 Å². The van der Waals surface area contributed by atoms with E-state index >= 15 is 0 Å². The number of ketones is 1. The second kappa shape index (κ2) is 6.67. The molecule has 0 aliphatic heterocycles. The quantitative estimate of drug-likeness (QED) is 0.493. The molecule has 0 aliphatic carbocycles. The molecule has 112 valence electrons. The lowest BCUT2D eigenvalue weighted by atomic mass is 10.0. The molecular formula is C17H14O5. The average Bonchev–Trinajstić information content (AvgIpc) is 2.46. The predicted octanol–water partition coefficient (Wildman–Crippen LogP) is 2.77. The van der Waals surface area contributed by atoms with Gasteiger partial charge in [-0.05, 0) is 36.4 Å². The van der Waals surface area contributed by atoms with Gasteiger partial charge in [0.15, 0.2) is 5.78 Å². The van der Waals surface area contributed by atoms with Crippen molar-refractivity contribution in [3.63, 3.8) is 0 Å². The zero-order valence-electron chi connectivity index (χ0n) is 12.2. The molecule has 0 fully saturated rings. The lowest BCUT2D eigenvalue weighted by Crippen LogP contribution is -2.05. The summed E-state index contributed by atoms with van der Waals surface area (Å²) in [6, 6.07) is 12.6. The molecule has 2 aromatic rings. The Bertz CT molecular complexity index is 716. The molecule has 0 atom stereocenters. The van der Waals surface area contributed by atoms with Crippen LogP contribution in [0.3, 0.4) is 0 Å². The highest BCUT2D eigenvalue weighted by molar-refractivity contribution is 6.09. The molecule has 5 nitrogen and oxygen atoms in total. The van der Waals surface area contributed by atoms with Gasteiger partial charge in [0, 0.05) is 25.0 Å². The summed E-state index contributed by atoms with van der Waals surface area (Å²) in [5.41, 5.74) is 0.842. The van der Waals surface area contributed by atoms with E-state index in [4.69, 9.17) is 9.47 Å². The van der Waals surface area contributed by atoms with Gasteiger partial charge in [-0.25, -0.2) is 0 Å². The molecule has 0 radical (unpaired) electrons. The second-order valence-corrected chi connectivity index (χ2v) is 4.57. The standard InChI is InChI=1S/C17H14O5/c1-11(18)21-15-8-6-13(7-9-15)17(20)14-4-3-5-16(10-14)22-12(2)19/h3-10H,1-2H3. The van der Waals surface area contributed by atoms with E-state index in [1.54, 1.807) is 42.5 Å². The maximum Gasteiger partial charge on any atom is 0.308 e. The topological polar surface area (TPSA) is 69.7 Å². The van der Waals surface area contributed by atoms with Crippen LogP contribution in [0.15, 0.2) is 48.5 Å². The molecule has 0 amide bonds. The number of benzene rings is 2. The Balaban J connectivity index is 2.20. The maximum absolute atomic E-state index is 12.4. The molecule has 0 saturated heterocycles. The molecule has 0 saturated carbocycles. The Morgan fingerprint density at radius 1 is 0.727 bits per heavy atom. The molecule has 22 heavy (non-hydrogen) atoms. The van der Waals surface area contributed by atoms with Crippen molar-refractivity contribution in [3.05, 3.63) is 59.7 Å². The maximum atomic E-state index is 12.4. The number of carbonyl (C=O) groups excluding carboxylic acids is 3. The second-order valence-electron chi connectivity index (χ2n) is 4.57. The zero-order valence-corrected chi connectivity index (χ0v) is 12.2. The van der Waals surface area contributed by atoms with Crippen LogP contribution >= 0.6 is 0 Å². The van der Waals surface area contributed by atoms with Crippen LogP contribution in [0.1, 0.15) is 29.8 Å². The van der Waals surface area contributed by atoms with Gasteiger partial charge in [0.25, 0.3) is 0 Å². The molecule has 0 bridgehead atoms. The van der Waals surface area contributed by atoms with Gasteiger partial charge in [0.1, 0.15) is 11.5 Å². The van der Waals surface area contributed by atoms with Crippen molar-refractivity contribution < 1.29 is 23.9 Å². The molecule has 5 heteroatoms. The van der Waals surface area contributed by atoms with E-state index in [2.05, 4.69) is 0 Å². The Labute approximate surface area is 127 Å². The minimum atomic E-state index is -0.449. The normalized spacial score (nSPS) is 9.91. The fourth-order valence-corrected chi connectivity index (χ4v) is 1.87. The molecule has 0 aliphatic rings. The van der Waals surface area contributed by atoms with Gasteiger partial charge in [-0.2, -0.15) is 0 Å². The van der Waals surface area contributed by atoms with E-state index in [9.17, 15) is 14.4 Å². The van der Waals surface area contributed by atoms with Crippen LogP contribution in [0.2, 0.25) is 0 Å². The minimum Gasteiger partial charge on any atom is -0.427 e. The van der Waals surface area contributed by atoms with E-state index in [1.165, 1.54) is 19.9 Å². The summed E-state index contributed by atoms with van der Waals surface area (Å²) in [4.78, 5) is 34.2. The lowest BCUT2D eigenvalue weighted by molar-refractivity contribution is -0.132. The van der Waals surface area contributed by atoms with Crippen molar-refractivity contribution in [2.45, 2.75) is 13.8 Å². The Kier molecular flexibility index (Phi) is 4.68. The first-order valence-corrected chi connectivity index (χ1v) is 6.57. The van der Waals surface area contributed by atoms with Crippen molar-refractivity contribution in [1.29, 1.82) is 0 Å². The minimum absolute atomic E-state index is 0.219. The van der Waals surface area contributed by atoms with Crippen molar-refractivity contribution in [2.75, 3.05) is 0 Å². The van der Waals surface area contributed by atoms with Crippen LogP contribution in [0.4, 0.5) is 0 Å². The zero-order chi connectivity index (χ0) is 16.1. The van der Waals surface area contributed by atoms with Crippen LogP contribution in [0.25, 0.3) is 0 Å². The van der Waals surface area contributed by atoms with Crippen molar-refractivity contribution in [3.8, 4) is 11.5 Å². The first-order chi connectivity index (χ1) is 10.5. The van der Waals surface area contributed by atoms with Gasteiger partial charge < -0.3 is 9.47 Å². The molecule has 2 rings (SSSR count). The summed E-state index contributed by atoms with van der Waals surface area (Å²) >= 11 is 0. The number of hydrogen-bond donors (Lipinski definition) is 0. The van der Waals surface area contributed by atoms with Gasteiger partial charge >= 0.3 is 11.9 Å². The highest BCUT2D eigenvalue weighted by Gasteiger charge is 2.11. The highest BCUT2D eigenvalue weighted by Crippen LogP contribution is 2.19. The predicted molar refractivity (Wildman–Crippen MR) is 78.9 cm³/mol. The van der Waals surface area contributed by atoms with E-state index in [-0.39, 0.29) is 5.78 Å². The fraction of sp³-hybridized carbons (Fsp3) is 0.118. The van der Waals surface area contributed by atoms with E-state index in [0.29, 0.717) is 22.6 Å². The SMILES string of the molecule is CC(=O)Oc1ccc(C(=O)c2cccc(OC(C)=O)c2)cc1. The third-order valence-electron chi connectivity index (χ3n) is 2.74. The Hall–Kier alpha value is -2.95. The summed E-state index contributed by atoms with van der Waals surface area (Å²) in [7, 11) is 0. The molecule has 0 N–H and O–H groups in total. The Morgan fingerprint density at radius 2 is 1.32 bits per heavy atom. The first-order valence-electron chi connectivity index (χ1n) is 6.57. The summed E-state index contributed by atoms with van der Waals surface area (Å²) < 4.78 is 9.86. The number of esters is 2. The van der Waals surface area contributed by atoms with Crippen molar-refractivity contribution >= 4 is 17.7 Å². The average molecular weight is 298 g/mol.